The highest BCUT2D eigenvalue weighted by molar-refractivity contribution is 5.61. The van der Waals surface area contributed by atoms with E-state index in [4.69, 9.17) is 0 Å². The van der Waals surface area contributed by atoms with E-state index in [1.807, 2.05) is 0 Å². The highest BCUT2D eigenvalue weighted by Gasteiger charge is 2.30. The van der Waals surface area contributed by atoms with Gasteiger partial charge in [-0.05, 0) is 81.7 Å². The summed E-state index contributed by atoms with van der Waals surface area (Å²) < 4.78 is 0. The Kier molecular flexibility index (Phi) is 5.38. The SMILES string of the molecule is CC(C)=CCCC(C)C1=Cc2ccccc2CC1N1CCCC1. The van der Waals surface area contributed by atoms with Crippen LogP contribution in [0.4, 0.5) is 0 Å². The smallest absolute Gasteiger partial charge is 0.0354 e. The molecule has 2 atom stereocenters. The molecule has 1 fully saturated rings. The van der Waals surface area contributed by atoms with Crippen molar-refractivity contribution in [2.75, 3.05) is 13.1 Å². The lowest BCUT2D eigenvalue weighted by molar-refractivity contribution is 0.256. The lowest BCUT2D eigenvalue weighted by Crippen LogP contribution is -2.39. The van der Waals surface area contributed by atoms with E-state index in [0.29, 0.717) is 12.0 Å². The van der Waals surface area contributed by atoms with E-state index in [-0.39, 0.29) is 0 Å². The van der Waals surface area contributed by atoms with Crippen LogP contribution in [-0.4, -0.2) is 24.0 Å². The summed E-state index contributed by atoms with van der Waals surface area (Å²) in [7, 11) is 0. The van der Waals surface area contributed by atoms with Crippen molar-refractivity contribution < 1.29 is 0 Å². The first kappa shape index (κ1) is 16.5. The molecule has 1 aromatic rings. The van der Waals surface area contributed by atoms with E-state index in [0.717, 1.165) is 0 Å². The summed E-state index contributed by atoms with van der Waals surface area (Å²) in [6.45, 7) is 9.40. The van der Waals surface area contributed by atoms with E-state index in [1.165, 1.54) is 61.9 Å². The summed E-state index contributed by atoms with van der Waals surface area (Å²) in [5.74, 6) is 0.671. The fourth-order valence-electron chi connectivity index (χ4n) is 4.12. The van der Waals surface area contributed by atoms with Crippen molar-refractivity contribution >= 4 is 6.08 Å². The van der Waals surface area contributed by atoms with Gasteiger partial charge in [-0.25, -0.2) is 0 Å². The third-order valence-electron chi connectivity index (χ3n) is 5.48. The number of fused-ring (bicyclic) bond motifs is 1. The average molecular weight is 309 g/mol. The van der Waals surface area contributed by atoms with Crippen molar-refractivity contribution in [1.82, 2.24) is 4.90 Å². The molecule has 1 aliphatic carbocycles. The monoisotopic (exact) mass is 309 g/mol. The molecule has 0 bridgehead atoms. The van der Waals surface area contributed by atoms with E-state index < -0.39 is 0 Å². The average Bonchev–Trinajstić information content (AvgIpc) is 3.07. The van der Waals surface area contributed by atoms with Gasteiger partial charge in [0.25, 0.3) is 0 Å². The molecule has 124 valence electrons. The van der Waals surface area contributed by atoms with Gasteiger partial charge in [0.1, 0.15) is 0 Å². The van der Waals surface area contributed by atoms with Crippen LogP contribution in [0.1, 0.15) is 57.6 Å². The molecule has 0 radical (unpaired) electrons. The largest absolute Gasteiger partial charge is 0.296 e. The van der Waals surface area contributed by atoms with Gasteiger partial charge in [0.15, 0.2) is 0 Å². The zero-order valence-electron chi connectivity index (χ0n) is 15.0. The van der Waals surface area contributed by atoms with Crippen LogP contribution in [0.3, 0.4) is 0 Å². The molecule has 2 unspecified atom stereocenters. The molecular formula is C22H31N. The van der Waals surface area contributed by atoms with Crippen molar-refractivity contribution in [3.8, 4) is 0 Å². The topological polar surface area (TPSA) is 3.24 Å². The Bertz CT molecular complexity index is 586. The van der Waals surface area contributed by atoms with Crippen LogP contribution in [0.25, 0.3) is 6.08 Å². The summed E-state index contributed by atoms with van der Waals surface area (Å²) in [5, 5.41) is 0. The minimum atomic E-state index is 0.633. The van der Waals surface area contributed by atoms with Crippen LogP contribution in [0, 0.1) is 5.92 Å². The molecular weight excluding hydrogens is 278 g/mol. The molecule has 1 aromatic carbocycles. The standard InChI is InChI=1S/C22H31N/c1-17(2)9-8-10-18(3)21-15-19-11-4-5-12-20(19)16-22(21)23-13-6-7-14-23/h4-5,9,11-12,15,18,22H,6-8,10,13-14,16H2,1-3H3. The molecule has 1 heteroatoms. The molecule has 2 aliphatic rings. The Labute approximate surface area is 142 Å². The Morgan fingerprint density at radius 3 is 2.70 bits per heavy atom. The van der Waals surface area contributed by atoms with Crippen LogP contribution in [-0.2, 0) is 6.42 Å². The number of hydrogen-bond donors (Lipinski definition) is 0. The molecule has 0 saturated carbocycles. The maximum Gasteiger partial charge on any atom is 0.0354 e. The number of hydrogen-bond acceptors (Lipinski definition) is 1. The zero-order valence-corrected chi connectivity index (χ0v) is 15.0. The number of likely N-dealkylation sites (tertiary alicyclic amines) is 1. The van der Waals surface area contributed by atoms with Crippen LogP contribution >= 0.6 is 0 Å². The normalized spacial score (nSPS) is 22.4. The van der Waals surface area contributed by atoms with Crippen molar-refractivity contribution in [3.05, 3.63) is 52.6 Å². The van der Waals surface area contributed by atoms with Crippen molar-refractivity contribution in [1.29, 1.82) is 0 Å². The summed E-state index contributed by atoms with van der Waals surface area (Å²) in [6, 6.07) is 9.61. The van der Waals surface area contributed by atoms with Gasteiger partial charge in [0, 0.05) is 6.04 Å². The predicted molar refractivity (Wildman–Crippen MR) is 101 cm³/mol. The van der Waals surface area contributed by atoms with Gasteiger partial charge in [-0.15, -0.1) is 0 Å². The van der Waals surface area contributed by atoms with Gasteiger partial charge in [-0.1, -0.05) is 48.9 Å². The minimum Gasteiger partial charge on any atom is -0.296 e. The highest BCUT2D eigenvalue weighted by Crippen LogP contribution is 2.34. The molecule has 1 aliphatic heterocycles. The fraction of sp³-hybridized carbons (Fsp3) is 0.545. The van der Waals surface area contributed by atoms with Gasteiger partial charge in [0.05, 0.1) is 0 Å². The second-order valence-corrected chi connectivity index (χ2v) is 7.57. The third kappa shape index (κ3) is 3.95. The van der Waals surface area contributed by atoms with Gasteiger partial charge < -0.3 is 0 Å². The molecule has 1 heterocycles. The number of benzene rings is 1. The van der Waals surface area contributed by atoms with Gasteiger partial charge in [-0.3, -0.25) is 4.90 Å². The first-order chi connectivity index (χ1) is 11.1. The lowest BCUT2D eigenvalue weighted by Gasteiger charge is -2.36. The summed E-state index contributed by atoms with van der Waals surface area (Å²) >= 11 is 0. The number of allylic oxidation sites excluding steroid dienone is 2. The van der Waals surface area contributed by atoms with Crippen molar-refractivity contribution in [3.63, 3.8) is 0 Å². The van der Waals surface area contributed by atoms with Gasteiger partial charge >= 0.3 is 0 Å². The molecule has 1 saturated heterocycles. The molecule has 0 N–H and O–H groups in total. The van der Waals surface area contributed by atoms with Crippen LogP contribution in [0.15, 0.2) is 41.5 Å². The second kappa shape index (κ2) is 7.49. The first-order valence-electron chi connectivity index (χ1n) is 9.32. The Balaban J connectivity index is 1.82. The summed E-state index contributed by atoms with van der Waals surface area (Å²) in [4.78, 5) is 2.74. The Hall–Kier alpha value is -1.34. The van der Waals surface area contributed by atoms with E-state index in [2.05, 4.69) is 62.1 Å². The Morgan fingerprint density at radius 2 is 1.96 bits per heavy atom. The van der Waals surface area contributed by atoms with Gasteiger partial charge in [0.2, 0.25) is 0 Å². The molecule has 0 amide bonds. The molecule has 0 spiro atoms. The Morgan fingerprint density at radius 1 is 1.22 bits per heavy atom. The van der Waals surface area contributed by atoms with Crippen molar-refractivity contribution in [2.24, 2.45) is 5.92 Å². The molecule has 1 nitrogen and oxygen atoms in total. The number of nitrogens with zero attached hydrogens (tertiary/aromatic N) is 1. The first-order valence-corrected chi connectivity index (χ1v) is 9.32. The van der Waals surface area contributed by atoms with Crippen LogP contribution in [0.5, 0.6) is 0 Å². The lowest BCUT2D eigenvalue weighted by atomic mass is 9.80. The summed E-state index contributed by atoms with van der Waals surface area (Å²) in [6.07, 6.45) is 11.3. The highest BCUT2D eigenvalue weighted by atomic mass is 15.2. The van der Waals surface area contributed by atoms with Crippen molar-refractivity contribution in [2.45, 2.75) is 58.9 Å². The van der Waals surface area contributed by atoms with E-state index >= 15 is 0 Å². The van der Waals surface area contributed by atoms with E-state index in [1.54, 1.807) is 5.57 Å². The van der Waals surface area contributed by atoms with Gasteiger partial charge in [-0.2, -0.15) is 0 Å². The summed E-state index contributed by atoms with van der Waals surface area (Å²) in [5.41, 5.74) is 6.10. The zero-order chi connectivity index (χ0) is 16.2. The van der Waals surface area contributed by atoms with Crippen LogP contribution < -0.4 is 0 Å². The van der Waals surface area contributed by atoms with Crippen LogP contribution in [0.2, 0.25) is 0 Å². The number of rotatable bonds is 5. The molecule has 0 aromatic heterocycles. The fourth-order valence-corrected chi connectivity index (χ4v) is 4.12. The predicted octanol–water partition coefficient (Wildman–Crippen LogP) is 5.47. The van der Waals surface area contributed by atoms with E-state index in [9.17, 15) is 0 Å². The quantitative estimate of drug-likeness (QED) is 0.652. The maximum atomic E-state index is 2.74. The molecule has 23 heavy (non-hydrogen) atoms. The minimum absolute atomic E-state index is 0.633. The second-order valence-electron chi connectivity index (χ2n) is 7.57. The third-order valence-corrected chi connectivity index (χ3v) is 5.48. The maximum absolute atomic E-state index is 2.74. The molecule has 3 rings (SSSR count).